The van der Waals surface area contributed by atoms with Crippen LogP contribution in [0.25, 0.3) is 0 Å². The number of hydrogen-bond donors (Lipinski definition) is 0. The zero-order chi connectivity index (χ0) is 14.7. The minimum absolute atomic E-state index is 0.186. The summed E-state index contributed by atoms with van der Waals surface area (Å²) in [4.78, 5) is 0. The number of unbranched alkanes of at least 4 members (excludes halogenated alkanes) is 1. The van der Waals surface area contributed by atoms with E-state index in [1.165, 1.54) is 14.2 Å². The van der Waals surface area contributed by atoms with Crippen molar-refractivity contribution in [1.29, 1.82) is 0 Å². The molecule has 7 heteroatoms. The molecule has 0 aromatic carbocycles. The van der Waals surface area contributed by atoms with Crippen LogP contribution in [-0.4, -0.2) is 38.7 Å². The SMILES string of the molecule is COP(=O)(CCCCB1OC(C)(C)C(C)(C)O1)OC. The zero-order valence-corrected chi connectivity index (χ0v) is 13.8. The average Bonchev–Trinajstić information content (AvgIpc) is 2.53. The summed E-state index contributed by atoms with van der Waals surface area (Å²) in [7, 11) is -0.230. The standard InChI is InChI=1S/C12H26BO5P/c1-11(2)12(3,4)18-13(17-11)9-7-8-10-19(14,15-5)16-6/h7-10H2,1-6H3. The first-order chi connectivity index (χ1) is 8.66. The molecule has 1 aliphatic rings. The fourth-order valence-corrected chi connectivity index (χ4v) is 3.08. The molecule has 0 saturated carbocycles. The molecule has 1 aliphatic heterocycles. The molecule has 112 valence electrons. The summed E-state index contributed by atoms with van der Waals surface area (Å²) in [5, 5.41) is 0. The van der Waals surface area contributed by atoms with Gasteiger partial charge in [-0.15, -0.1) is 0 Å². The first-order valence-corrected chi connectivity index (χ1v) is 8.45. The second-order valence-corrected chi connectivity index (χ2v) is 8.28. The van der Waals surface area contributed by atoms with E-state index in [0.29, 0.717) is 6.16 Å². The predicted octanol–water partition coefficient (Wildman–Crippen LogP) is 3.34. The van der Waals surface area contributed by atoms with Gasteiger partial charge in [0.05, 0.1) is 17.4 Å². The summed E-state index contributed by atoms with van der Waals surface area (Å²) in [6.45, 7) is 8.15. The third-order valence-electron chi connectivity index (χ3n) is 3.98. The van der Waals surface area contributed by atoms with E-state index in [9.17, 15) is 4.57 Å². The van der Waals surface area contributed by atoms with Gasteiger partial charge in [-0.05, 0) is 40.4 Å². The van der Waals surface area contributed by atoms with Gasteiger partial charge in [0.2, 0.25) is 0 Å². The molecule has 0 unspecified atom stereocenters. The van der Waals surface area contributed by atoms with E-state index < -0.39 is 7.60 Å². The molecule has 0 aromatic rings. The molecule has 5 nitrogen and oxygen atoms in total. The lowest BCUT2D eigenvalue weighted by atomic mass is 9.82. The minimum Gasteiger partial charge on any atom is -0.403 e. The fourth-order valence-electron chi connectivity index (χ4n) is 1.96. The number of rotatable bonds is 7. The lowest BCUT2D eigenvalue weighted by Crippen LogP contribution is -2.41. The lowest BCUT2D eigenvalue weighted by Gasteiger charge is -2.32. The molecule has 0 bridgehead atoms. The first-order valence-electron chi connectivity index (χ1n) is 6.72. The summed E-state index contributed by atoms with van der Waals surface area (Å²) in [5.74, 6) is 0. The highest BCUT2D eigenvalue weighted by Gasteiger charge is 2.50. The molecular formula is C12H26BO5P. The van der Waals surface area contributed by atoms with Crippen molar-refractivity contribution in [3.05, 3.63) is 0 Å². The topological polar surface area (TPSA) is 54.0 Å². The average molecular weight is 292 g/mol. The summed E-state index contributed by atoms with van der Waals surface area (Å²) in [5.41, 5.74) is -0.571. The van der Waals surface area contributed by atoms with Gasteiger partial charge in [0.1, 0.15) is 0 Å². The molecule has 0 N–H and O–H groups in total. The van der Waals surface area contributed by atoms with E-state index in [1.807, 2.05) is 27.7 Å². The van der Waals surface area contributed by atoms with Crippen molar-refractivity contribution < 1.29 is 22.9 Å². The molecule has 19 heavy (non-hydrogen) atoms. The largest absolute Gasteiger partial charge is 0.457 e. The smallest absolute Gasteiger partial charge is 0.403 e. The lowest BCUT2D eigenvalue weighted by molar-refractivity contribution is 0.00578. The van der Waals surface area contributed by atoms with E-state index in [4.69, 9.17) is 18.4 Å². The maximum Gasteiger partial charge on any atom is 0.457 e. The Bertz CT molecular complexity index is 321. The quantitative estimate of drug-likeness (QED) is 0.409. The molecule has 1 fully saturated rings. The Kier molecular flexibility index (Phi) is 5.67. The van der Waals surface area contributed by atoms with Crippen molar-refractivity contribution in [3.8, 4) is 0 Å². The van der Waals surface area contributed by atoms with E-state index in [0.717, 1.165) is 19.2 Å². The monoisotopic (exact) mass is 292 g/mol. The van der Waals surface area contributed by atoms with Crippen LogP contribution in [0.3, 0.4) is 0 Å². The Balaban J connectivity index is 2.31. The normalized spacial score (nSPS) is 21.9. The van der Waals surface area contributed by atoms with Crippen molar-refractivity contribution in [2.45, 2.75) is 58.1 Å². The molecular weight excluding hydrogens is 266 g/mol. The molecule has 0 aliphatic carbocycles. The van der Waals surface area contributed by atoms with Crippen LogP contribution in [-0.2, 0) is 22.9 Å². The third-order valence-corrected chi connectivity index (χ3v) is 5.96. The molecule has 0 amide bonds. The van der Waals surface area contributed by atoms with Crippen LogP contribution in [0, 0.1) is 0 Å². The van der Waals surface area contributed by atoms with Crippen LogP contribution in [0.15, 0.2) is 0 Å². The van der Waals surface area contributed by atoms with E-state index in [-0.39, 0.29) is 18.3 Å². The maximum atomic E-state index is 11.8. The molecule has 1 saturated heterocycles. The van der Waals surface area contributed by atoms with Gasteiger partial charge in [-0.3, -0.25) is 4.57 Å². The highest BCUT2D eigenvalue weighted by atomic mass is 31.2. The molecule has 0 spiro atoms. The van der Waals surface area contributed by atoms with Crippen molar-refractivity contribution in [2.24, 2.45) is 0 Å². The Morgan fingerprint density at radius 2 is 1.47 bits per heavy atom. The zero-order valence-electron chi connectivity index (χ0n) is 12.9. The Hall–Kier alpha value is 0.135. The molecule has 1 rings (SSSR count). The fraction of sp³-hybridized carbons (Fsp3) is 1.00. The van der Waals surface area contributed by atoms with Crippen molar-refractivity contribution in [1.82, 2.24) is 0 Å². The third kappa shape index (κ3) is 4.30. The minimum atomic E-state index is -2.88. The van der Waals surface area contributed by atoms with Gasteiger partial charge in [0.25, 0.3) is 0 Å². The van der Waals surface area contributed by atoms with Gasteiger partial charge >= 0.3 is 14.7 Å². The summed E-state index contributed by atoms with van der Waals surface area (Å²) in [6, 6.07) is 0. The maximum absolute atomic E-state index is 11.8. The van der Waals surface area contributed by atoms with Crippen LogP contribution >= 0.6 is 7.60 Å². The van der Waals surface area contributed by atoms with Gasteiger partial charge in [-0.1, -0.05) is 6.42 Å². The summed E-state index contributed by atoms with van der Waals surface area (Å²) in [6.07, 6.45) is 2.86. The van der Waals surface area contributed by atoms with Gasteiger partial charge in [-0.25, -0.2) is 0 Å². The van der Waals surface area contributed by atoms with Gasteiger partial charge in [0, 0.05) is 14.2 Å². The van der Waals surface area contributed by atoms with Crippen LogP contribution in [0.4, 0.5) is 0 Å². The number of hydrogen-bond acceptors (Lipinski definition) is 5. The molecule has 1 heterocycles. The predicted molar refractivity (Wildman–Crippen MR) is 76.6 cm³/mol. The summed E-state index contributed by atoms with van der Waals surface area (Å²) < 4.78 is 33.4. The second kappa shape index (κ2) is 6.27. The van der Waals surface area contributed by atoms with Crippen molar-refractivity contribution in [2.75, 3.05) is 20.4 Å². The molecule has 0 radical (unpaired) electrons. The van der Waals surface area contributed by atoms with Gasteiger partial charge < -0.3 is 18.4 Å². The van der Waals surface area contributed by atoms with Crippen LogP contribution in [0.1, 0.15) is 40.5 Å². The summed E-state index contributed by atoms with van der Waals surface area (Å²) >= 11 is 0. The van der Waals surface area contributed by atoms with E-state index in [1.54, 1.807) is 0 Å². The van der Waals surface area contributed by atoms with Gasteiger partial charge in [0.15, 0.2) is 0 Å². The second-order valence-electron chi connectivity index (χ2n) is 5.88. The Morgan fingerprint density at radius 3 is 1.89 bits per heavy atom. The first kappa shape index (κ1) is 17.2. The molecule has 0 aromatic heterocycles. The Labute approximate surface area is 117 Å². The van der Waals surface area contributed by atoms with E-state index in [2.05, 4.69) is 0 Å². The van der Waals surface area contributed by atoms with Crippen molar-refractivity contribution >= 4 is 14.7 Å². The van der Waals surface area contributed by atoms with Crippen LogP contribution < -0.4 is 0 Å². The van der Waals surface area contributed by atoms with E-state index >= 15 is 0 Å². The van der Waals surface area contributed by atoms with Crippen molar-refractivity contribution in [3.63, 3.8) is 0 Å². The van der Waals surface area contributed by atoms with Crippen LogP contribution in [0.2, 0.25) is 6.32 Å². The molecule has 0 atom stereocenters. The highest BCUT2D eigenvalue weighted by Crippen LogP contribution is 2.47. The Morgan fingerprint density at radius 1 is 1.00 bits per heavy atom. The van der Waals surface area contributed by atoms with Crippen LogP contribution in [0.5, 0.6) is 0 Å². The highest BCUT2D eigenvalue weighted by molar-refractivity contribution is 7.53. The van der Waals surface area contributed by atoms with Gasteiger partial charge in [-0.2, -0.15) is 0 Å².